The van der Waals surface area contributed by atoms with Crippen molar-refractivity contribution in [3.63, 3.8) is 0 Å². The molecule has 29 heavy (non-hydrogen) atoms. The Bertz CT molecular complexity index is 524. The van der Waals surface area contributed by atoms with Crippen molar-refractivity contribution in [1.29, 1.82) is 0 Å². The fraction of sp³-hybridized carbons (Fsp3) is 0.833. The minimum absolute atomic E-state index is 0.0650. The Morgan fingerprint density at radius 3 is 1.66 bits per heavy atom. The van der Waals surface area contributed by atoms with E-state index in [1.165, 1.54) is 0 Å². The third-order valence-corrected chi connectivity index (χ3v) is 3.64. The molecule has 174 valence electrons. The van der Waals surface area contributed by atoms with E-state index in [1.54, 1.807) is 0 Å². The summed E-state index contributed by atoms with van der Waals surface area (Å²) in [6.45, 7) is -1.81. The number of phosphoric acid groups is 1. The Hall–Kier alpha value is -1.11. The molecule has 8 unspecified atom stereocenters. The number of carboxylic acids is 1. The molecule has 0 aromatic rings. The molecule has 0 fully saturated rings. The number of carboxylic acid groups (broad SMARTS) is 1. The molecule has 0 rings (SSSR count). The molecule has 0 aliphatic rings. The van der Waals surface area contributed by atoms with Crippen molar-refractivity contribution in [2.24, 2.45) is 0 Å². The van der Waals surface area contributed by atoms with Gasteiger partial charge in [0, 0.05) is 0 Å². The van der Waals surface area contributed by atoms with Crippen LogP contribution in [-0.4, -0.2) is 135 Å². The number of aliphatic hydroxyl groups is 9. The van der Waals surface area contributed by atoms with Gasteiger partial charge in [0.1, 0.15) is 42.7 Å². The normalized spacial score (nSPS) is 20.1. The number of rotatable bonds is 12. The Morgan fingerprint density at radius 2 is 1.31 bits per heavy atom. The second kappa shape index (κ2) is 14.0. The number of aldehydes is 1. The van der Waals surface area contributed by atoms with Gasteiger partial charge in [-0.2, -0.15) is 0 Å². The Morgan fingerprint density at radius 1 is 0.862 bits per heavy atom. The summed E-state index contributed by atoms with van der Waals surface area (Å²) in [5.41, 5.74) is 0. The molecule has 0 saturated heterocycles. The predicted octanol–water partition coefficient (Wildman–Crippen LogP) is -6.75. The van der Waals surface area contributed by atoms with E-state index >= 15 is 0 Å². The number of hydrogen-bond donors (Lipinski definition) is 12. The first-order valence-corrected chi connectivity index (χ1v) is 9.07. The van der Waals surface area contributed by atoms with Crippen LogP contribution < -0.4 is 0 Å². The average Bonchev–Trinajstić information content (AvgIpc) is 2.67. The monoisotopic (exact) mass is 456 g/mol. The minimum Gasteiger partial charge on any atom is -0.479 e. The van der Waals surface area contributed by atoms with E-state index in [9.17, 15) is 14.2 Å². The molecule has 0 aromatic carbocycles. The number of carbonyl (C=O) groups is 2. The minimum atomic E-state index is -4.80. The lowest BCUT2D eigenvalue weighted by molar-refractivity contribution is -0.164. The largest absolute Gasteiger partial charge is 0.479 e. The summed E-state index contributed by atoms with van der Waals surface area (Å²) in [7, 11) is -4.80. The Balaban J connectivity index is 0. The molecule has 0 bridgehead atoms. The van der Waals surface area contributed by atoms with Crippen LogP contribution in [0.15, 0.2) is 0 Å². The summed E-state index contributed by atoms with van der Waals surface area (Å²) in [5, 5.41) is 87.9. The SMILES string of the molecule is O=C(O)C(O)C(O)C(O)C(O)CO.O=CC(O)C(O)C(O)C(O)COP(=O)(O)O. The lowest BCUT2D eigenvalue weighted by Crippen LogP contribution is -2.48. The first-order chi connectivity index (χ1) is 13.1. The molecule has 0 aliphatic carbocycles. The highest BCUT2D eigenvalue weighted by Crippen LogP contribution is 2.35. The van der Waals surface area contributed by atoms with Gasteiger partial charge in [0.05, 0.1) is 13.2 Å². The maximum atomic E-state index is 10.2. The quantitative estimate of drug-likeness (QED) is 0.0958. The number of aliphatic hydroxyl groups excluding tert-OH is 9. The molecule has 0 saturated carbocycles. The van der Waals surface area contributed by atoms with Crippen LogP contribution in [0.4, 0.5) is 0 Å². The molecule has 8 atom stereocenters. The van der Waals surface area contributed by atoms with Crippen molar-refractivity contribution in [3.05, 3.63) is 0 Å². The van der Waals surface area contributed by atoms with E-state index in [0.717, 1.165) is 0 Å². The third kappa shape index (κ3) is 12.2. The fourth-order valence-electron chi connectivity index (χ4n) is 1.45. The summed E-state index contributed by atoms with van der Waals surface area (Å²) >= 11 is 0. The molecule has 0 amide bonds. The molecule has 0 radical (unpaired) electrons. The lowest BCUT2D eigenvalue weighted by Gasteiger charge is -2.23. The van der Waals surface area contributed by atoms with Crippen LogP contribution in [0.2, 0.25) is 0 Å². The van der Waals surface area contributed by atoms with Crippen molar-refractivity contribution in [2.45, 2.75) is 48.8 Å². The maximum absolute atomic E-state index is 10.2. The highest BCUT2D eigenvalue weighted by Gasteiger charge is 2.34. The number of hydrogen-bond acceptors (Lipinski definition) is 13. The van der Waals surface area contributed by atoms with Crippen molar-refractivity contribution in [1.82, 2.24) is 0 Å². The molecule has 0 aliphatic heterocycles. The van der Waals surface area contributed by atoms with E-state index in [2.05, 4.69) is 4.52 Å². The van der Waals surface area contributed by atoms with Crippen LogP contribution in [-0.2, 0) is 18.7 Å². The smallest absolute Gasteiger partial charge is 0.469 e. The zero-order valence-corrected chi connectivity index (χ0v) is 15.5. The number of phosphoric ester groups is 1. The summed E-state index contributed by atoms with van der Waals surface area (Å²) in [6, 6.07) is 0. The first-order valence-electron chi connectivity index (χ1n) is 7.54. The number of carbonyl (C=O) groups excluding carboxylic acids is 1. The summed E-state index contributed by atoms with van der Waals surface area (Å²) in [6.07, 6.45) is -15.6. The van der Waals surface area contributed by atoms with Gasteiger partial charge in [-0.1, -0.05) is 0 Å². The van der Waals surface area contributed by atoms with Crippen LogP contribution in [0.5, 0.6) is 0 Å². The van der Waals surface area contributed by atoms with Crippen LogP contribution in [0, 0.1) is 0 Å². The molecule has 16 nitrogen and oxygen atoms in total. The first kappa shape index (κ1) is 30.1. The van der Waals surface area contributed by atoms with Crippen LogP contribution in [0.3, 0.4) is 0 Å². The second-order valence-corrected chi connectivity index (χ2v) is 6.72. The van der Waals surface area contributed by atoms with E-state index in [1.807, 2.05) is 0 Å². The molecule has 12 N–H and O–H groups in total. The molecular weight excluding hydrogens is 431 g/mol. The topological polar surface area (TPSA) is 303 Å². The second-order valence-electron chi connectivity index (χ2n) is 5.48. The average molecular weight is 456 g/mol. The van der Waals surface area contributed by atoms with Crippen LogP contribution >= 0.6 is 7.82 Å². The Kier molecular flexibility index (Phi) is 14.5. The van der Waals surface area contributed by atoms with Gasteiger partial charge in [0.2, 0.25) is 0 Å². The summed E-state index contributed by atoms with van der Waals surface area (Å²) < 4.78 is 14.1. The van der Waals surface area contributed by atoms with Gasteiger partial charge in [-0.25, -0.2) is 9.36 Å². The molecule has 0 heterocycles. The van der Waals surface area contributed by atoms with E-state index in [0.29, 0.717) is 0 Å². The lowest BCUT2D eigenvalue weighted by atomic mass is 10.0. The predicted molar refractivity (Wildman–Crippen MR) is 86.8 cm³/mol. The van der Waals surface area contributed by atoms with E-state index in [-0.39, 0.29) is 6.29 Å². The van der Waals surface area contributed by atoms with Crippen LogP contribution in [0.25, 0.3) is 0 Å². The molecule has 17 heteroatoms. The van der Waals surface area contributed by atoms with Gasteiger partial charge < -0.3 is 65.6 Å². The van der Waals surface area contributed by atoms with Gasteiger partial charge in [-0.3, -0.25) is 4.52 Å². The zero-order valence-electron chi connectivity index (χ0n) is 14.6. The molecule has 0 spiro atoms. The molecule has 0 aromatic heterocycles. The fourth-order valence-corrected chi connectivity index (χ4v) is 1.80. The van der Waals surface area contributed by atoms with Crippen LogP contribution in [0.1, 0.15) is 0 Å². The van der Waals surface area contributed by atoms with E-state index < -0.39 is 75.8 Å². The standard InChI is InChI=1S/C6H13O9P.C6H12O7/c7-1-3(8)5(10)6(11)4(9)2-15-16(12,13)14;7-1-2(8)3(9)4(10)5(11)6(12)13/h1,3-6,8-11H,2H2,(H2,12,13,14);2-5,7-11H,1H2,(H,12,13). The van der Waals surface area contributed by atoms with E-state index in [4.69, 9.17) is 60.9 Å². The third-order valence-electron chi connectivity index (χ3n) is 3.15. The van der Waals surface area contributed by atoms with Crippen molar-refractivity contribution in [2.75, 3.05) is 13.2 Å². The van der Waals surface area contributed by atoms with Gasteiger partial charge in [0.25, 0.3) is 0 Å². The number of aliphatic carboxylic acids is 1. The maximum Gasteiger partial charge on any atom is 0.469 e. The summed E-state index contributed by atoms with van der Waals surface area (Å²) in [5.74, 6) is -1.73. The molecular formula is C12H25O16P. The Labute approximate surface area is 162 Å². The summed E-state index contributed by atoms with van der Waals surface area (Å²) in [4.78, 5) is 36.7. The highest BCUT2D eigenvalue weighted by molar-refractivity contribution is 7.46. The van der Waals surface area contributed by atoms with Gasteiger partial charge in [0.15, 0.2) is 12.4 Å². The zero-order chi connectivity index (χ0) is 23.5. The van der Waals surface area contributed by atoms with Crippen molar-refractivity contribution in [3.8, 4) is 0 Å². The van der Waals surface area contributed by atoms with Gasteiger partial charge in [-0.05, 0) is 0 Å². The highest BCUT2D eigenvalue weighted by atomic mass is 31.2. The van der Waals surface area contributed by atoms with Gasteiger partial charge in [-0.15, -0.1) is 0 Å². The van der Waals surface area contributed by atoms with Gasteiger partial charge >= 0.3 is 13.8 Å². The van der Waals surface area contributed by atoms with Crippen molar-refractivity contribution >= 4 is 20.1 Å². The van der Waals surface area contributed by atoms with Crippen molar-refractivity contribution < 1.29 is 79.5 Å².